The summed E-state index contributed by atoms with van der Waals surface area (Å²) in [6.07, 6.45) is 2.02. The van der Waals surface area contributed by atoms with E-state index < -0.39 is 0 Å². The minimum Gasteiger partial charge on any atom is -0.307 e. The molecule has 0 saturated carbocycles. The third-order valence-corrected chi connectivity index (χ3v) is 5.03. The van der Waals surface area contributed by atoms with Crippen molar-refractivity contribution in [3.05, 3.63) is 70.0 Å². The SMILES string of the molecule is CC1=NN(c2ccccc2)Nc2c1c(=O)n1c3c(cccc23)CCC1. The molecule has 0 atom stereocenters. The number of aryl methyl sites for hydroxylation is 2. The zero-order valence-corrected chi connectivity index (χ0v) is 14.0. The second kappa shape index (κ2) is 5.21. The number of anilines is 2. The molecule has 5 nitrogen and oxygen atoms in total. The van der Waals surface area contributed by atoms with Crippen molar-refractivity contribution in [3.63, 3.8) is 0 Å². The number of fused-ring (bicyclic) bond motifs is 2. The first-order valence-electron chi connectivity index (χ1n) is 8.60. The van der Waals surface area contributed by atoms with Crippen molar-refractivity contribution in [2.45, 2.75) is 26.3 Å². The summed E-state index contributed by atoms with van der Waals surface area (Å²) in [4.78, 5) is 13.1. The van der Waals surface area contributed by atoms with Crippen LogP contribution in [0.25, 0.3) is 10.9 Å². The van der Waals surface area contributed by atoms with Crippen LogP contribution >= 0.6 is 0 Å². The fraction of sp³-hybridized carbons (Fsp3) is 0.200. The van der Waals surface area contributed by atoms with E-state index in [0.717, 1.165) is 47.4 Å². The third kappa shape index (κ3) is 2.02. The number of hydrazone groups is 1. The fourth-order valence-corrected chi connectivity index (χ4v) is 3.91. The molecule has 2 aliphatic heterocycles. The van der Waals surface area contributed by atoms with E-state index in [1.165, 1.54) is 5.56 Å². The van der Waals surface area contributed by atoms with E-state index in [2.05, 4.69) is 28.7 Å². The summed E-state index contributed by atoms with van der Waals surface area (Å²) in [5.74, 6) is 0. The lowest BCUT2D eigenvalue weighted by Gasteiger charge is -2.30. The average Bonchev–Trinajstić information content (AvgIpc) is 2.66. The Kier molecular flexibility index (Phi) is 2.98. The first-order chi connectivity index (χ1) is 12.2. The molecule has 1 aromatic heterocycles. The second-order valence-electron chi connectivity index (χ2n) is 6.57. The number of rotatable bonds is 1. The van der Waals surface area contributed by atoms with Crippen LogP contribution in [0.15, 0.2) is 58.4 Å². The first-order valence-corrected chi connectivity index (χ1v) is 8.60. The summed E-state index contributed by atoms with van der Waals surface area (Å²) in [6, 6.07) is 16.2. The molecule has 3 aromatic rings. The number of nitrogens with zero attached hydrogens (tertiary/aromatic N) is 3. The number of pyridine rings is 1. The topological polar surface area (TPSA) is 49.6 Å². The van der Waals surface area contributed by atoms with Crippen molar-refractivity contribution < 1.29 is 0 Å². The van der Waals surface area contributed by atoms with Gasteiger partial charge in [0.1, 0.15) is 0 Å². The van der Waals surface area contributed by atoms with E-state index in [9.17, 15) is 4.79 Å². The summed E-state index contributed by atoms with van der Waals surface area (Å²) < 4.78 is 1.92. The highest BCUT2D eigenvalue weighted by Gasteiger charge is 2.26. The summed E-state index contributed by atoms with van der Waals surface area (Å²) in [7, 11) is 0. The van der Waals surface area contributed by atoms with Crippen LogP contribution < -0.4 is 16.1 Å². The maximum atomic E-state index is 13.1. The molecule has 5 heteroatoms. The molecular weight excluding hydrogens is 312 g/mol. The average molecular weight is 330 g/mol. The number of hydrogen-bond acceptors (Lipinski definition) is 4. The van der Waals surface area contributed by atoms with Crippen LogP contribution in [0.1, 0.15) is 24.5 Å². The number of para-hydroxylation sites is 2. The normalized spacial score (nSPS) is 15.6. The van der Waals surface area contributed by atoms with Crippen LogP contribution in [0.2, 0.25) is 0 Å². The largest absolute Gasteiger partial charge is 0.307 e. The molecule has 0 aliphatic carbocycles. The van der Waals surface area contributed by atoms with E-state index in [1.54, 1.807) is 5.12 Å². The van der Waals surface area contributed by atoms with E-state index >= 15 is 0 Å². The Hall–Kier alpha value is -3.08. The quantitative estimate of drug-likeness (QED) is 0.743. The number of benzene rings is 2. The molecule has 0 bridgehead atoms. The standard InChI is InChI=1S/C20H18N4O/c1-13-17-18(22-24(21-13)15-9-3-2-4-10-15)16-11-5-7-14-8-6-12-23(19(14)16)20(17)25/h2-5,7,9-11,22H,6,8,12H2,1H3. The Labute approximate surface area is 145 Å². The number of aromatic nitrogens is 1. The van der Waals surface area contributed by atoms with Crippen LogP contribution in [0, 0.1) is 0 Å². The zero-order valence-electron chi connectivity index (χ0n) is 14.0. The number of nitrogens with one attached hydrogen (secondary N) is 1. The molecule has 25 heavy (non-hydrogen) atoms. The summed E-state index contributed by atoms with van der Waals surface area (Å²) >= 11 is 0. The molecule has 5 rings (SSSR count). The maximum absolute atomic E-state index is 13.1. The van der Waals surface area contributed by atoms with Gasteiger partial charge in [0.25, 0.3) is 5.56 Å². The fourth-order valence-electron chi connectivity index (χ4n) is 3.91. The van der Waals surface area contributed by atoms with Gasteiger partial charge in [0.05, 0.1) is 28.2 Å². The third-order valence-electron chi connectivity index (χ3n) is 5.03. The lowest BCUT2D eigenvalue weighted by Crippen LogP contribution is -2.37. The minimum atomic E-state index is 0.0520. The minimum absolute atomic E-state index is 0.0520. The van der Waals surface area contributed by atoms with Crippen LogP contribution in [-0.4, -0.2) is 10.3 Å². The Morgan fingerprint density at radius 1 is 1.08 bits per heavy atom. The van der Waals surface area contributed by atoms with Gasteiger partial charge in [-0.3, -0.25) is 10.2 Å². The molecule has 124 valence electrons. The van der Waals surface area contributed by atoms with Gasteiger partial charge >= 0.3 is 0 Å². The predicted molar refractivity (Wildman–Crippen MR) is 101 cm³/mol. The molecule has 2 aliphatic rings. The van der Waals surface area contributed by atoms with Crippen LogP contribution in [0.3, 0.4) is 0 Å². The molecule has 0 saturated heterocycles. The zero-order chi connectivity index (χ0) is 17.0. The van der Waals surface area contributed by atoms with E-state index in [1.807, 2.05) is 41.8 Å². The molecule has 0 fully saturated rings. The van der Waals surface area contributed by atoms with Gasteiger partial charge in [-0.25, -0.2) is 0 Å². The van der Waals surface area contributed by atoms with Gasteiger partial charge in [-0.15, -0.1) is 0 Å². The maximum Gasteiger partial charge on any atom is 0.262 e. The van der Waals surface area contributed by atoms with E-state index in [0.29, 0.717) is 5.56 Å². The smallest absolute Gasteiger partial charge is 0.262 e. The molecule has 0 spiro atoms. The lowest BCUT2D eigenvalue weighted by molar-refractivity contribution is 0.615. The van der Waals surface area contributed by atoms with Crippen molar-refractivity contribution in [1.29, 1.82) is 0 Å². The molecule has 0 amide bonds. The molecule has 2 aromatic carbocycles. The summed E-state index contributed by atoms with van der Waals surface area (Å²) in [5, 5.41) is 7.44. The molecular formula is C20H18N4O. The molecule has 3 heterocycles. The van der Waals surface area contributed by atoms with Crippen molar-refractivity contribution in [2.75, 3.05) is 10.5 Å². The Morgan fingerprint density at radius 2 is 1.92 bits per heavy atom. The number of hydrazine groups is 1. The highest BCUT2D eigenvalue weighted by atomic mass is 16.1. The van der Waals surface area contributed by atoms with E-state index in [-0.39, 0.29) is 5.56 Å². The summed E-state index contributed by atoms with van der Waals surface area (Å²) in [6.45, 7) is 2.68. The van der Waals surface area contributed by atoms with Gasteiger partial charge < -0.3 is 4.57 Å². The van der Waals surface area contributed by atoms with Crippen LogP contribution in [0.4, 0.5) is 11.4 Å². The summed E-state index contributed by atoms with van der Waals surface area (Å²) in [5.41, 5.74) is 8.94. The van der Waals surface area contributed by atoms with Crippen LogP contribution in [0.5, 0.6) is 0 Å². The Bertz CT molecular complexity index is 1080. The molecule has 0 unspecified atom stereocenters. The van der Waals surface area contributed by atoms with Gasteiger partial charge in [-0.1, -0.05) is 36.4 Å². The van der Waals surface area contributed by atoms with Gasteiger partial charge in [0, 0.05) is 11.9 Å². The monoisotopic (exact) mass is 330 g/mol. The van der Waals surface area contributed by atoms with Crippen molar-refractivity contribution in [2.24, 2.45) is 5.10 Å². The lowest BCUT2D eigenvalue weighted by atomic mass is 9.97. The van der Waals surface area contributed by atoms with Crippen LogP contribution in [-0.2, 0) is 13.0 Å². The van der Waals surface area contributed by atoms with Gasteiger partial charge in [0.2, 0.25) is 0 Å². The molecule has 1 N–H and O–H groups in total. The Morgan fingerprint density at radius 3 is 2.76 bits per heavy atom. The van der Waals surface area contributed by atoms with E-state index in [4.69, 9.17) is 0 Å². The second-order valence-corrected chi connectivity index (χ2v) is 6.57. The Balaban J connectivity index is 1.81. The highest BCUT2D eigenvalue weighted by Crippen LogP contribution is 2.34. The van der Waals surface area contributed by atoms with Gasteiger partial charge in [-0.2, -0.15) is 10.2 Å². The molecule has 0 radical (unpaired) electrons. The van der Waals surface area contributed by atoms with Gasteiger partial charge in [-0.05, 0) is 37.5 Å². The van der Waals surface area contributed by atoms with Crippen molar-refractivity contribution in [3.8, 4) is 0 Å². The van der Waals surface area contributed by atoms with Crippen molar-refractivity contribution >= 4 is 28.0 Å². The van der Waals surface area contributed by atoms with Gasteiger partial charge in [0.15, 0.2) is 0 Å². The highest BCUT2D eigenvalue weighted by molar-refractivity contribution is 6.12. The predicted octanol–water partition coefficient (Wildman–Crippen LogP) is 3.52. The van der Waals surface area contributed by atoms with Crippen molar-refractivity contribution in [1.82, 2.24) is 4.57 Å². The number of hydrogen-bond donors (Lipinski definition) is 1. The first kappa shape index (κ1) is 14.3.